The minimum Gasteiger partial charge on any atom is -0.508 e. The Morgan fingerprint density at radius 3 is 2.47 bits per heavy atom. The number of anilines is 1. The van der Waals surface area contributed by atoms with Crippen LogP contribution < -0.4 is 20.4 Å². The second kappa shape index (κ2) is 14.6. The maximum Gasteiger partial charge on any atom is 0.346 e. The monoisotopic (exact) mass is 651 g/mol. The quantitative estimate of drug-likeness (QED) is 0.119. The third kappa shape index (κ3) is 8.53. The summed E-state index contributed by atoms with van der Waals surface area (Å²) in [7, 11) is 0. The predicted octanol–water partition coefficient (Wildman–Crippen LogP) is 4.84. The van der Waals surface area contributed by atoms with Crippen molar-refractivity contribution in [2.75, 3.05) is 5.32 Å². The van der Waals surface area contributed by atoms with Gasteiger partial charge in [0.25, 0.3) is 0 Å². The van der Waals surface area contributed by atoms with Crippen LogP contribution in [0.2, 0.25) is 0 Å². The Morgan fingerprint density at radius 1 is 1.02 bits per heavy atom. The van der Waals surface area contributed by atoms with Gasteiger partial charge in [0.1, 0.15) is 30.7 Å². The lowest BCUT2D eigenvalue weighted by atomic mass is 10.0. The van der Waals surface area contributed by atoms with E-state index in [0.717, 1.165) is 26.7 Å². The van der Waals surface area contributed by atoms with Crippen LogP contribution in [-0.4, -0.2) is 39.7 Å². The predicted molar refractivity (Wildman–Crippen MR) is 177 cm³/mol. The van der Waals surface area contributed by atoms with E-state index in [-0.39, 0.29) is 24.8 Å². The van der Waals surface area contributed by atoms with Crippen LogP contribution in [0.25, 0.3) is 4.96 Å². The van der Waals surface area contributed by atoms with Gasteiger partial charge in [0.05, 0.1) is 29.8 Å². The summed E-state index contributed by atoms with van der Waals surface area (Å²) in [5.41, 5.74) is 3.89. The number of esters is 1. The number of ether oxygens (including phenoxy) is 1. The Bertz CT molecular complexity index is 1940. The molecule has 5 aromatic rings. The van der Waals surface area contributed by atoms with Crippen LogP contribution in [-0.2, 0) is 29.0 Å². The van der Waals surface area contributed by atoms with E-state index < -0.39 is 23.9 Å². The lowest BCUT2D eigenvalue weighted by Crippen LogP contribution is -2.49. The summed E-state index contributed by atoms with van der Waals surface area (Å²) in [6.45, 7) is 6.25. The van der Waals surface area contributed by atoms with E-state index in [1.807, 2.05) is 41.9 Å². The van der Waals surface area contributed by atoms with Crippen LogP contribution in [0.3, 0.4) is 0 Å². The summed E-state index contributed by atoms with van der Waals surface area (Å²) in [5, 5.41) is 27.6. The Balaban J connectivity index is 1.31. The summed E-state index contributed by atoms with van der Waals surface area (Å²) in [4.78, 5) is 41.0. The summed E-state index contributed by atoms with van der Waals surface area (Å²) in [6, 6.07) is 20.7. The van der Waals surface area contributed by atoms with Crippen molar-refractivity contribution in [3.63, 3.8) is 0 Å². The number of rotatable bonds is 11. The molecule has 0 spiro atoms. The van der Waals surface area contributed by atoms with Crippen LogP contribution in [0.1, 0.15) is 51.5 Å². The molecule has 2 heterocycles. The van der Waals surface area contributed by atoms with E-state index in [9.17, 15) is 24.8 Å². The highest BCUT2D eigenvalue weighted by molar-refractivity contribution is 7.16. The number of nitriles is 1. The van der Waals surface area contributed by atoms with E-state index in [1.165, 1.54) is 12.1 Å². The van der Waals surface area contributed by atoms with E-state index in [2.05, 4.69) is 26.6 Å². The standard InChI is InChI=1S/C35H34N6O5S/c1-22(2)46-33(44)27-9-11-28(12-10-27)38-34(45)39-31(16-24-7-13-30(42)14-8-24)32(43)37-18-29-21-40-19-23(3)47-35(40)41(29)20-26-6-4-5-25(15-26)17-36/h4-15,19,21-22,31H,16,18,20H2,1-3H3,(H3-,37,38,39,42,43,44,45)/p+1/t31-/m0/s1. The Hall–Kier alpha value is -5.67. The fourth-order valence-corrected chi connectivity index (χ4v) is 5.98. The number of nitrogens with zero attached hydrogens (tertiary/aromatic N) is 3. The van der Waals surface area contributed by atoms with Gasteiger partial charge in [0, 0.05) is 17.0 Å². The number of phenolic OH excluding ortho intramolecular Hbond substituents is 1. The molecule has 5 rings (SSSR count). The molecule has 1 atom stereocenters. The molecule has 0 radical (unpaired) electrons. The minimum atomic E-state index is -0.952. The molecule has 3 aromatic carbocycles. The van der Waals surface area contributed by atoms with Gasteiger partial charge in [-0.2, -0.15) is 9.66 Å². The molecule has 0 saturated carbocycles. The molecule has 47 heavy (non-hydrogen) atoms. The smallest absolute Gasteiger partial charge is 0.346 e. The zero-order valence-electron chi connectivity index (χ0n) is 26.2. The molecular formula is C35H35N6O5S+. The number of benzene rings is 3. The van der Waals surface area contributed by atoms with Crippen molar-refractivity contribution < 1.29 is 28.6 Å². The highest BCUT2D eigenvalue weighted by atomic mass is 32.1. The zero-order valence-corrected chi connectivity index (χ0v) is 27.0. The topological polar surface area (TPSA) is 150 Å². The van der Waals surface area contributed by atoms with Gasteiger partial charge in [-0.1, -0.05) is 35.6 Å². The van der Waals surface area contributed by atoms with E-state index in [0.29, 0.717) is 23.4 Å². The number of hydrogen-bond donors (Lipinski definition) is 4. The van der Waals surface area contributed by atoms with Gasteiger partial charge in [-0.25, -0.2) is 14.2 Å². The molecule has 0 aliphatic rings. The Morgan fingerprint density at radius 2 is 1.77 bits per heavy atom. The number of nitrogens with one attached hydrogen (secondary N) is 3. The van der Waals surface area contributed by atoms with Crippen molar-refractivity contribution in [3.8, 4) is 11.8 Å². The number of amides is 3. The van der Waals surface area contributed by atoms with E-state index in [1.54, 1.807) is 67.6 Å². The average molecular weight is 652 g/mol. The molecule has 4 N–H and O–H groups in total. The number of aromatic hydroxyl groups is 1. The fraction of sp³-hybridized carbons (Fsp3) is 0.229. The number of carbonyl (C=O) groups is 3. The first-order valence-electron chi connectivity index (χ1n) is 15.0. The van der Waals surface area contributed by atoms with Crippen molar-refractivity contribution in [3.05, 3.63) is 118 Å². The van der Waals surface area contributed by atoms with Gasteiger partial charge < -0.3 is 25.8 Å². The van der Waals surface area contributed by atoms with Gasteiger partial charge in [0.15, 0.2) is 5.69 Å². The molecular weight excluding hydrogens is 616 g/mol. The molecule has 11 nitrogen and oxygen atoms in total. The van der Waals surface area contributed by atoms with E-state index >= 15 is 0 Å². The summed E-state index contributed by atoms with van der Waals surface area (Å²) < 4.78 is 9.32. The largest absolute Gasteiger partial charge is 0.508 e. The number of fused-ring (bicyclic) bond motifs is 1. The van der Waals surface area contributed by atoms with Crippen molar-refractivity contribution in [2.24, 2.45) is 0 Å². The number of imidazole rings is 1. The van der Waals surface area contributed by atoms with Crippen LogP contribution in [0, 0.1) is 18.3 Å². The molecule has 12 heteroatoms. The summed E-state index contributed by atoms with van der Waals surface area (Å²) in [5.74, 6) is -0.768. The number of hydrogen-bond acceptors (Lipinski definition) is 7. The maximum absolute atomic E-state index is 13.6. The average Bonchev–Trinajstić information content (AvgIpc) is 3.56. The number of thiazole rings is 1. The highest BCUT2D eigenvalue weighted by Gasteiger charge is 2.25. The Labute approximate surface area is 276 Å². The summed E-state index contributed by atoms with van der Waals surface area (Å²) in [6.07, 6.45) is 3.90. The molecule has 0 bridgehead atoms. The number of aromatic nitrogens is 2. The van der Waals surface area contributed by atoms with Gasteiger partial charge in [0.2, 0.25) is 5.91 Å². The van der Waals surface area contributed by atoms with Crippen molar-refractivity contribution >= 4 is 39.9 Å². The van der Waals surface area contributed by atoms with Crippen molar-refractivity contribution in [1.29, 1.82) is 5.26 Å². The molecule has 0 saturated heterocycles. The minimum absolute atomic E-state index is 0.0925. The highest BCUT2D eigenvalue weighted by Crippen LogP contribution is 2.19. The van der Waals surface area contributed by atoms with Crippen LogP contribution in [0.15, 0.2) is 85.2 Å². The van der Waals surface area contributed by atoms with Crippen molar-refractivity contribution in [2.45, 2.75) is 52.4 Å². The number of phenols is 1. The van der Waals surface area contributed by atoms with Gasteiger partial charge in [-0.3, -0.25) is 4.79 Å². The first-order valence-corrected chi connectivity index (χ1v) is 15.8. The number of carbonyl (C=O) groups excluding carboxylic acids is 3. The Kier molecular flexibility index (Phi) is 10.2. The molecule has 0 fully saturated rings. The lowest BCUT2D eigenvalue weighted by molar-refractivity contribution is -0.506. The van der Waals surface area contributed by atoms with Crippen LogP contribution >= 0.6 is 11.3 Å². The number of urea groups is 1. The summed E-state index contributed by atoms with van der Waals surface area (Å²) >= 11 is 1.62. The second-order valence-corrected chi connectivity index (χ2v) is 12.5. The van der Waals surface area contributed by atoms with Crippen molar-refractivity contribution in [1.82, 2.24) is 15.2 Å². The van der Waals surface area contributed by atoms with Crippen LogP contribution in [0.5, 0.6) is 5.75 Å². The molecule has 0 aliphatic heterocycles. The molecule has 0 aliphatic carbocycles. The van der Waals surface area contributed by atoms with Crippen LogP contribution in [0.4, 0.5) is 10.5 Å². The van der Waals surface area contributed by atoms with Gasteiger partial charge in [-0.05, 0) is 80.4 Å². The molecule has 2 aromatic heterocycles. The first kappa shape index (κ1) is 32.7. The van der Waals surface area contributed by atoms with Gasteiger partial charge >= 0.3 is 17.0 Å². The zero-order chi connectivity index (χ0) is 33.5. The molecule has 240 valence electrons. The third-order valence-electron chi connectivity index (χ3n) is 7.22. The maximum atomic E-state index is 13.6. The first-order chi connectivity index (χ1) is 22.6. The third-order valence-corrected chi connectivity index (χ3v) is 8.26. The second-order valence-electron chi connectivity index (χ2n) is 11.3. The number of aryl methyl sites for hydroxylation is 1. The molecule has 0 unspecified atom stereocenters. The molecule has 3 amide bonds. The van der Waals surface area contributed by atoms with E-state index in [4.69, 9.17) is 4.74 Å². The normalized spacial score (nSPS) is 11.6. The lowest BCUT2D eigenvalue weighted by Gasteiger charge is -2.19. The van der Waals surface area contributed by atoms with Gasteiger partial charge in [-0.15, -0.1) is 0 Å². The SMILES string of the molecule is Cc1c[n+]2cc(CNC(=O)[C@H](Cc3ccc(O)cc3)NC(=O)Nc3ccc(C(=O)OC(C)C)cc3)n(Cc3cccc(C#N)c3)c2s1. The fourth-order valence-electron chi connectivity index (χ4n) is 5.02.